The summed E-state index contributed by atoms with van der Waals surface area (Å²) in [5.41, 5.74) is 7.50. The lowest BCUT2D eigenvalue weighted by Gasteiger charge is -2.12. The fourth-order valence-electron chi connectivity index (χ4n) is 2.78. The summed E-state index contributed by atoms with van der Waals surface area (Å²) >= 11 is 1.64. The molecule has 0 aliphatic rings. The van der Waals surface area contributed by atoms with Crippen LogP contribution in [0, 0.1) is 13.8 Å². The zero-order valence-corrected chi connectivity index (χ0v) is 13.1. The van der Waals surface area contributed by atoms with E-state index in [1.807, 2.05) is 11.6 Å². The Bertz CT molecular complexity index is 947. The molecule has 0 spiro atoms. The van der Waals surface area contributed by atoms with Crippen LogP contribution in [-0.2, 0) is 0 Å². The fourth-order valence-corrected chi connectivity index (χ4v) is 3.49. The van der Waals surface area contributed by atoms with E-state index in [1.165, 1.54) is 11.1 Å². The molecule has 2 aromatic carbocycles. The van der Waals surface area contributed by atoms with E-state index in [0.29, 0.717) is 0 Å². The molecule has 0 aliphatic heterocycles. The SMILES string of the molecule is Cc1cccc(C)c1-n1cnnc1-c1ccc2ncsc2c1. The number of aryl methyl sites for hydroxylation is 2. The van der Waals surface area contributed by atoms with Crippen LogP contribution in [0.25, 0.3) is 27.3 Å². The van der Waals surface area contributed by atoms with E-state index in [4.69, 9.17) is 0 Å². The van der Waals surface area contributed by atoms with E-state index < -0.39 is 0 Å². The maximum absolute atomic E-state index is 4.33. The summed E-state index contributed by atoms with van der Waals surface area (Å²) in [5.74, 6) is 0.854. The average Bonchev–Trinajstić information content (AvgIpc) is 3.15. The number of aromatic nitrogens is 4. The Morgan fingerprint density at radius 3 is 2.68 bits per heavy atom. The van der Waals surface area contributed by atoms with E-state index in [-0.39, 0.29) is 0 Å². The van der Waals surface area contributed by atoms with Crippen molar-refractivity contribution in [2.24, 2.45) is 0 Å². The van der Waals surface area contributed by atoms with Crippen LogP contribution in [0.3, 0.4) is 0 Å². The van der Waals surface area contributed by atoms with Crippen LogP contribution >= 0.6 is 11.3 Å². The number of thiazole rings is 1. The van der Waals surface area contributed by atoms with E-state index in [2.05, 4.69) is 63.9 Å². The van der Waals surface area contributed by atoms with Gasteiger partial charge in [-0.1, -0.05) is 18.2 Å². The van der Waals surface area contributed by atoms with Gasteiger partial charge in [0.1, 0.15) is 6.33 Å². The molecular formula is C17H14N4S. The van der Waals surface area contributed by atoms with Gasteiger partial charge in [-0.15, -0.1) is 21.5 Å². The van der Waals surface area contributed by atoms with E-state index in [0.717, 1.165) is 27.3 Å². The van der Waals surface area contributed by atoms with Crippen LogP contribution in [-0.4, -0.2) is 19.7 Å². The van der Waals surface area contributed by atoms with Crippen molar-refractivity contribution in [3.05, 3.63) is 59.4 Å². The number of hydrogen-bond donors (Lipinski definition) is 0. The van der Waals surface area contributed by atoms with Crippen LogP contribution in [0.15, 0.2) is 48.2 Å². The molecule has 5 heteroatoms. The van der Waals surface area contributed by atoms with Gasteiger partial charge >= 0.3 is 0 Å². The maximum Gasteiger partial charge on any atom is 0.168 e. The van der Waals surface area contributed by atoms with Crippen molar-refractivity contribution in [3.63, 3.8) is 0 Å². The fraction of sp³-hybridized carbons (Fsp3) is 0.118. The van der Waals surface area contributed by atoms with Crippen LogP contribution in [0.2, 0.25) is 0 Å². The molecule has 0 N–H and O–H groups in total. The Morgan fingerprint density at radius 2 is 1.86 bits per heavy atom. The zero-order chi connectivity index (χ0) is 15.1. The lowest BCUT2D eigenvalue weighted by molar-refractivity contribution is 1.03. The number of para-hydroxylation sites is 1. The van der Waals surface area contributed by atoms with Gasteiger partial charge in [0.25, 0.3) is 0 Å². The standard InChI is InChI=1S/C17H14N4S/c1-11-4-3-5-12(2)16(11)21-9-19-20-17(21)13-6-7-14-15(8-13)22-10-18-14/h3-10H,1-2H3. The molecule has 4 nitrogen and oxygen atoms in total. The first-order valence-corrected chi connectivity index (χ1v) is 7.92. The highest BCUT2D eigenvalue weighted by Gasteiger charge is 2.13. The molecule has 0 radical (unpaired) electrons. The number of rotatable bonds is 2. The summed E-state index contributed by atoms with van der Waals surface area (Å²) in [6.07, 6.45) is 1.78. The zero-order valence-electron chi connectivity index (χ0n) is 12.3. The highest BCUT2D eigenvalue weighted by Crippen LogP contribution is 2.28. The third-order valence-electron chi connectivity index (χ3n) is 3.82. The van der Waals surface area contributed by atoms with Gasteiger partial charge in [0.2, 0.25) is 0 Å². The van der Waals surface area contributed by atoms with E-state index in [9.17, 15) is 0 Å². The topological polar surface area (TPSA) is 43.6 Å². The number of benzene rings is 2. The Kier molecular flexibility index (Phi) is 3.01. The molecule has 4 aromatic rings. The molecule has 2 heterocycles. The van der Waals surface area contributed by atoms with Crippen molar-refractivity contribution >= 4 is 21.6 Å². The summed E-state index contributed by atoms with van der Waals surface area (Å²) in [6, 6.07) is 12.5. The lowest BCUT2D eigenvalue weighted by atomic mass is 10.1. The van der Waals surface area contributed by atoms with Gasteiger partial charge in [-0.05, 0) is 43.2 Å². The molecule has 108 valence electrons. The molecule has 0 atom stereocenters. The highest BCUT2D eigenvalue weighted by atomic mass is 32.1. The molecule has 0 bridgehead atoms. The van der Waals surface area contributed by atoms with Gasteiger partial charge < -0.3 is 0 Å². The first-order chi connectivity index (χ1) is 10.7. The molecule has 0 amide bonds. The molecule has 0 aliphatic carbocycles. The predicted molar refractivity (Wildman–Crippen MR) is 89.4 cm³/mol. The van der Waals surface area contributed by atoms with Gasteiger partial charge in [-0.3, -0.25) is 4.57 Å². The number of nitrogens with zero attached hydrogens (tertiary/aromatic N) is 4. The number of fused-ring (bicyclic) bond motifs is 1. The summed E-state index contributed by atoms with van der Waals surface area (Å²) in [4.78, 5) is 4.33. The minimum absolute atomic E-state index is 0.854. The van der Waals surface area contributed by atoms with Crippen LogP contribution in [0.5, 0.6) is 0 Å². The summed E-state index contributed by atoms with van der Waals surface area (Å²) < 4.78 is 3.22. The van der Waals surface area contributed by atoms with Gasteiger partial charge in [-0.2, -0.15) is 0 Å². The summed E-state index contributed by atoms with van der Waals surface area (Å²) in [5, 5.41) is 8.46. The minimum Gasteiger partial charge on any atom is -0.281 e. The van der Waals surface area contributed by atoms with Crippen molar-refractivity contribution in [3.8, 4) is 17.1 Å². The minimum atomic E-state index is 0.854. The van der Waals surface area contributed by atoms with Crippen LogP contribution < -0.4 is 0 Å². The first-order valence-electron chi connectivity index (χ1n) is 7.04. The van der Waals surface area contributed by atoms with Crippen molar-refractivity contribution in [2.75, 3.05) is 0 Å². The third kappa shape index (κ3) is 2.02. The molecular weight excluding hydrogens is 292 g/mol. The van der Waals surface area contributed by atoms with Gasteiger partial charge in [0.15, 0.2) is 5.82 Å². The third-order valence-corrected chi connectivity index (χ3v) is 4.61. The average molecular weight is 306 g/mol. The maximum atomic E-state index is 4.33. The van der Waals surface area contributed by atoms with Gasteiger partial charge in [0.05, 0.1) is 21.4 Å². The summed E-state index contributed by atoms with van der Waals surface area (Å²) in [7, 11) is 0. The van der Waals surface area contributed by atoms with Crippen molar-refractivity contribution < 1.29 is 0 Å². The molecule has 0 saturated heterocycles. The predicted octanol–water partition coefficient (Wildman–Crippen LogP) is 4.16. The second-order valence-electron chi connectivity index (χ2n) is 5.30. The quantitative estimate of drug-likeness (QED) is 0.558. The van der Waals surface area contributed by atoms with E-state index >= 15 is 0 Å². The highest BCUT2D eigenvalue weighted by molar-refractivity contribution is 7.16. The van der Waals surface area contributed by atoms with Gasteiger partial charge in [-0.25, -0.2) is 4.98 Å². The second kappa shape index (κ2) is 5.03. The van der Waals surface area contributed by atoms with Crippen LogP contribution in [0.1, 0.15) is 11.1 Å². The Morgan fingerprint density at radius 1 is 1.05 bits per heavy atom. The lowest BCUT2D eigenvalue weighted by Crippen LogP contribution is -2.01. The molecule has 0 unspecified atom stereocenters. The van der Waals surface area contributed by atoms with Crippen molar-refractivity contribution in [2.45, 2.75) is 13.8 Å². The largest absolute Gasteiger partial charge is 0.281 e. The van der Waals surface area contributed by atoms with Crippen molar-refractivity contribution in [1.29, 1.82) is 0 Å². The molecule has 0 saturated carbocycles. The smallest absolute Gasteiger partial charge is 0.168 e. The Balaban J connectivity index is 1.93. The molecule has 2 aromatic heterocycles. The van der Waals surface area contributed by atoms with Crippen LogP contribution in [0.4, 0.5) is 0 Å². The second-order valence-corrected chi connectivity index (χ2v) is 6.19. The first kappa shape index (κ1) is 13.2. The van der Waals surface area contributed by atoms with Gasteiger partial charge in [0, 0.05) is 5.56 Å². The Hall–Kier alpha value is -2.53. The normalized spacial score (nSPS) is 11.2. The van der Waals surface area contributed by atoms with Crippen molar-refractivity contribution in [1.82, 2.24) is 19.7 Å². The Labute approximate surface area is 132 Å². The molecule has 0 fully saturated rings. The number of hydrogen-bond acceptors (Lipinski definition) is 4. The summed E-state index contributed by atoms with van der Waals surface area (Å²) in [6.45, 7) is 4.22. The molecule has 22 heavy (non-hydrogen) atoms. The monoisotopic (exact) mass is 306 g/mol. The van der Waals surface area contributed by atoms with E-state index in [1.54, 1.807) is 17.7 Å². The molecule has 4 rings (SSSR count).